The maximum Gasteiger partial charge on any atom is 0.342 e. The van der Waals surface area contributed by atoms with E-state index >= 15 is 0 Å². The molecule has 3 aliphatic heterocycles. The van der Waals surface area contributed by atoms with Gasteiger partial charge in [0.15, 0.2) is 0 Å². The van der Waals surface area contributed by atoms with Gasteiger partial charge in [-0.3, -0.25) is 9.59 Å². The van der Waals surface area contributed by atoms with E-state index in [4.69, 9.17) is 10.5 Å². The molecule has 1 fully saturated rings. The van der Waals surface area contributed by atoms with Crippen LogP contribution in [0.5, 0.6) is 5.75 Å². The number of carbonyl (C=O) groups is 4. The number of carbonyl (C=O) groups excluding carboxylic acids is 3. The van der Waals surface area contributed by atoms with Crippen LogP contribution in [0.1, 0.15) is 21.8 Å². The maximum atomic E-state index is 13.4. The average molecular weight is 422 g/mol. The van der Waals surface area contributed by atoms with Crippen molar-refractivity contribution in [2.45, 2.75) is 11.2 Å². The van der Waals surface area contributed by atoms with E-state index in [2.05, 4.69) is 0 Å². The Morgan fingerprint density at radius 2 is 1.83 bits per heavy atom. The highest BCUT2D eigenvalue weighted by atomic mass is 32.2. The number of thioether (sulfide) groups is 1. The van der Waals surface area contributed by atoms with Crippen molar-refractivity contribution in [3.63, 3.8) is 0 Å². The summed E-state index contributed by atoms with van der Waals surface area (Å²) in [5.74, 6) is -4.02. The van der Waals surface area contributed by atoms with Crippen LogP contribution in [-0.2, 0) is 14.4 Å². The molecule has 8 nitrogen and oxygen atoms in total. The Morgan fingerprint density at radius 1 is 1.07 bits per heavy atom. The number of carboxylic acids is 1. The highest BCUT2D eigenvalue weighted by Crippen LogP contribution is 2.54. The summed E-state index contributed by atoms with van der Waals surface area (Å²) in [5, 5.41) is 8.59. The molecule has 0 spiro atoms. The number of rotatable bonds is 2. The first kappa shape index (κ1) is 18.4. The third-order valence-electron chi connectivity index (χ3n) is 5.51. The zero-order valence-corrected chi connectivity index (χ0v) is 16.1. The molecule has 3 aliphatic rings. The van der Waals surface area contributed by atoms with Crippen LogP contribution in [0, 0.1) is 5.92 Å². The Morgan fingerprint density at radius 3 is 2.60 bits per heavy atom. The number of nitrogens with two attached hydrogens (primary N) is 1. The Kier molecular flexibility index (Phi) is 3.97. The number of para-hydroxylation sites is 1. The van der Waals surface area contributed by atoms with E-state index in [9.17, 15) is 24.3 Å². The minimum Gasteiger partial charge on any atom is -0.478 e. The second-order valence-electron chi connectivity index (χ2n) is 7.11. The predicted molar refractivity (Wildman–Crippen MR) is 107 cm³/mol. The predicted octanol–water partition coefficient (Wildman–Crippen LogP) is 1.86. The quantitative estimate of drug-likeness (QED) is 0.427. The minimum absolute atomic E-state index is 0.0412. The molecule has 0 unspecified atom stereocenters. The van der Waals surface area contributed by atoms with E-state index in [1.54, 1.807) is 24.3 Å². The summed E-state index contributed by atoms with van der Waals surface area (Å²) in [6.45, 7) is 0. The summed E-state index contributed by atoms with van der Waals surface area (Å²) in [6.07, 6.45) is 0. The van der Waals surface area contributed by atoms with E-state index in [0.29, 0.717) is 11.3 Å². The molecule has 3 atom stereocenters. The number of esters is 1. The Balaban J connectivity index is 1.64. The van der Waals surface area contributed by atoms with Gasteiger partial charge in [-0.25, -0.2) is 14.5 Å². The van der Waals surface area contributed by atoms with E-state index in [-0.39, 0.29) is 21.9 Å². The molecule has 0 aromatic heterocycles. The SMILES string of the molecule is NC1=C2C(=O)Oc3ccccc3[C@@H]2[C@@H]2C(=O)N(c3cccc(C(=O)O)c3)C(=O)[C@H]2S1. The first-order chi connectivity index (χ1) is 14.4. The zero-order valence-electron chi connectivity index (χ0n) is 15.3. The summed E-state index contributed by atoms with van der Waals surface area (Å²) in [4.78, 5) is 51.5. The van der Waals surface area contributed by atoms with Gasteiger partial charge in [-0.2, -0.15) is 0 Å². The molecule has 0 radical (unpaired) electrons. The van der Waals surface area contributed by atoms with E-state index in [1.807, 2.05) is 0 Å². The second-order valence-corrected chi connectivity index (χ2v) is 8.30. The van der Waals surface area contributed by atoms with Gasteiger partial charge in [0.05, 0.1) is 27.8 Å². The fourth-order valence-electron chi connectivity index (χ4n) is 4.24. The highest BCUT2D eigenvalue weighted by Gasteiger charge is 2.58. The normalized spacial score (nSPS) is 24.9. The Hall–Kier alpha value is -3.59. The van der Waals surface area contributed by atoms with Crippen molar-refractivity contribution in [1.29, 1.82) is 0 Å². The lowest BCUT2D eigenvalue weighted by atomic mass is 9.77. The number of aromatic carboxylic acids is 1. The molecule has 3 N–H and O–H groups in total. The number of nitrogens with zero attached hydrogens (tertiary/aromatic N) is 1. The first-order valence-electron chi connectivity index (χ1n) is 9.07. The second kappa shape index (κ2) is 6.46. The summed E-state index contributed by atoms with van der Waals surface area (Å²) in [7, 11) is 0. The number of fused-ring (bicyclic) bond motifs is 5. The van der Waals surface area contributed by atoms with Gasteiger partial charge in [0, 0.05) is 11.5 Å². The summed E-state index contributed by atoms with van der Waals surface area (Å²) >= 11 is 0.970. The van der Waals surface area contributed by atoms with Crippen LogP contribution in [0.2, 0.25) is 0 Å². The number of hydrogen-bond acceptors (Lipinski definition) is 7. The molecule has 30 heavy (non-hydrogen) atoms. The molecule has 3 heterocycles. The third kappa shape index (κ3) is 2.48. The van der Waals surface area contributed by atoms with Crippen molar-refractivity contribution in [1.82, 2.24) is 0 Å². The number of anilines is 1. The maximum absolute atomic E-state index is 13.4. The van der Waals surface area contributed by atoms with Gasteiger partial charge in [0.2, 0.25) is 11.8 Å². The topological polar surface area (TPSA) is 127 Å². The van der Waals surface area contributed by atoms with Crippen LogP contribution in [0.3, 0.4) is 0 Å². The van der Waals surface area contributed by atoms with E-state index in [0.717, 1.165) is 16.7 Å². The lowest BCUT2D eigenvalue weighted by Crippen LogP contribution is -2.39. The molecule has 1 saturated heterocycles. The van der Waals surface area contributed by atoms with E-state index in [1.165, 1.54) is 24.3 Å². The number of carboxylic acid groups (broad SMARTS) is 1. The molecular weight excluding hydrogens is 408 g/mol. The number of ether oxygens (including phenoxy) is 1. The highest BCUT2D eigenvalue weighted by molar-refractivity contribution is 8.04. The van der Waals surface area contributed by atoms with Crippen molar-refractivity contribution < 1.29 is 29.0 Å². The van der Waals surface area contributed by atoms with Crippen molar-refractivity contribution in [3.8, 4) is 5.75 Å². The zero-order chi connectivity index (χ0) is 21.2. The summed E-state index contributed by atoms with van der Waals surface area (Å²) < 4.78 is 5.37. The molecular formula is C21H14N2O6S. The monoisotopic (exact) mass is 422 g/mol. The van der Waals surface area contributed by atoms with Crippen LogP contribution in [0.25, 0.3) is 0 Å². The van der Waals surface area contributed by atoms with Gasteiger partial charge >= 0.3 is 11.9 Å². The Bertz CT molecular complexity index is 1190. The van der Waals surface area contributed by atoms with Crippen LogP contribution >= 0.6 is 11.8 Å². The van der Waals surface area contributed by atoms with Crippen LogP contribution in [0.15, 0.2) is 59.1 Å². The molecule has 5 rings (SSSR count). The third-order valence-corrected chi connectivity index (χ3v) is 6.74. The number of benzene rings is 2. The first-order valence-corrected chi connectivity index (χ1v) is 9.95. The molecule has 2 aromatic carbocycles. The largest absolute Gasteiger partial charge is 0.478 e. The number of hydrogen-bond donors (Lipinski definition) is 2. The number of amides is 2. The van der Waals surface area contributed by atoms with E-state index < -0.39 is 40.8 Å². The molecule has 0 bridgehead atoms. The summed E-state index contributed by atoms with van der Waals surface area (Å²) in [5.41, 5.74) is 7.06. The van der Waals surface area contributed by atoms with Crippen molar-refractivity contribution in [2.75, 3.05) is 4.90 Å². The minimum atomic E-state index is -1.17. The van der Waals surface area contributed by atoms with Crippen molar-refractivity contribution >= 4 is 41.2 Å². The standard InChI is InChI=1S/C21H14N2O6S/c22-17-15-13(11-6-1-2-7-12(11)29-21(15)28)14-16(30-17)19(25)23(18(14)24)10-5-3-4-9(8-10)20(26)27/h1-8,13-14,16H,22H2,(H,26,27)/t13-,14+,16+/m1/s1. The molecule has 2 amide bonds. The molecule has 2 aromatic rings. The molecule has 0 saturated carbocycles. The smallest absolute Gasteiger partial charge is 0.342 e. The van der Waals surface area contributed by atoms with Gasteiger partial charge in [-0.1, -0.05) is 36.0 Å². The molecule has 0 aliphatic carbocycles. The van der Waals surface area contributed by atoms with Crippen molar-refractivity contribution in [2.24, 2.45) is 11.7 Å². The fourth-order valence-corrected chi connectivity index (χ4v) is 5.47. The van der Waals surface area contributed by atoms with Gasteiger partial charge in [0.1, 0.15) is 11.0 Å². The van der Waals surface area contributed by atoms with Gasteiger partial charge < -0.3 is 15.6 Å². The van der Waals surface area contributed by atoms with Gasteiger partial charge in [-0.15, -0.1) is 0 Å². The van der Waals surface area contributed by atoms with Crippen LogP contribution in [-0.4, -0.2) is 34.1 Å². The van der Waals surface area contributed by atoms with Crippen molar-refractivity contribution in [3.05, 3.63) is 70.3 Å². The fraction of sp³-hybridized carbons (Fsp3) is 0.143. The van der Waals surface area contributed by atoms with Gasteiger partial charge in [-0.05, 0) is 24.3 Å². The number of imide groups is 1. The lowest BCUT2D eigenvalue weighted by molar-refractivity contribution is -0.131. The summed E-state index contributed by atoms with van der Waals surface area (Å²) in [6, 6.07) is 12.5. The van der Waals surface area contributed by atoms with Gasteiger partial charge in [0.25, 0.3) is 0 Å². The van der Waals surface area contributed by atoms with Crippen LogP contribution < -0.4 is 15.4 Å². The van der Waals surface area contributed by atoms with Crippen LogP contribution in [0.4, 0.5) is 5.69 Å². The molecule has 9 heteroatoms. The molecule has 150 valence electrons. The average Bonchev–Trinajstić information content (AvgIpc) is 2.97. The lowest BCUT2D eigenvalue weighted by Gasteiger charge is -2.36. The Labute approximate surface area is 174 Å².